The number of aliphatic carboxylic acids is 1. The standard InChI is InChI=1S/C11H19F3N2O3/c1-10(2,3)16(7-8(17)18)9(19)15-6-4-5-11(12,13)14/h4-7H2,1-3H3,(H,15,19)(H,17,18). The van der Waals surface area contributed by atoms with Crippen molar-refractivity contribution >= 4 is 12.0 Å². The van der Waals surface area contributed by atoms with Crippen molar-refractivity contribution in [2.24, 2.45) is 0 Å². The lowest BCUT2D eigenvalue weighted by Crippen LogP contribution is -2.52. The van der Waals surface area contributed by atoms with Crippen LogP contribution >= 0.6 is 0 Å². The summed E-state index contributed by atoms with van der Waals surface area (Å²) in [5.41, 5.74) is -0.730. The SMILES string of the molecule is CC(C)(C)N(CC(=O)O)C(=O)NCCCC(F)(F)F. The van der Waals surface area contributed by atoms with Gasteiger partial charge < -0.3 is 15.3 Å². The van der Waals surface area contributed by atoms with Crippen molar-refractivity contribution in [2.45, 2.75) is 45.3 Å². The second kappa shape index (κ2) is 6.63. The van der Waals surface area contributed by atoms with Crippen LogP contribution < -0.4 is 5.32 Å². The van der Waals surface area contributed by atoms with Crippen LogP contribution in [0.15, 0.2) is 0 Å². The van der Waals surface area contributed by atoms with E-state index in [4.69, 9.17) is 5.11 Å². The van der Waals surface area contributed by atoms with Crippen molar-refractivity contribution < 1.29 is 27.9 Å². The molecule has 0 fully saturated rings. The summed E-state index contributed by atoms with van der Waals surface area (Å²) in [7, 11) is 0. The van der Waals surface area contributed by atoms with Gasteiger partial charge in [-0.25, -0.2) is 4.79 Å². The molecule has 112 valence electrons. The van der Waals surface area contributed by atoms with Crippen LogP contribution in [0.25, 0.3) is 0 Å². The van der Waals surface area contributed by atoms with Gasteiger partial charge in [-0.1, -0.05) is 0 Å². The van der Waals surface area contributed by atoms with Gasteiger partial charge in [0, 0.05) is 18.5 Å². The topological polar surface area (TPSA) is 69.6 Å². The molecule has 0 heterocycles. The molecule has 0 unspecified atom stereocenters. The third-order valence-corrected chi connectivity index (χ3v) is 2.26. The molecule has 5 nitrogen and oxygen atoms in total. The number of hydrogen-bond donors (Lipinski definition) is 2. The Bertz CT molecular complexity index is 324. The van der Waals surface area contributed by atoms with Gasteiger partial charge in [0.15, 0.2) is 0 Å². The highest BCUT2D eigenvalue weighted by Crippen LogP contribution is 2.20. The monoisotopic (exact) mass is 284 g/mol. The minimum absolute atomic E-state index is 0.148. The minimum atomic E-state index is -4.25. The normalized spacial score (nSPS) is 12.1. The fraction of sp³-hybridized carbons (Fsp3) is 0.818. The Kier molecular flexibility index (Phi) is 6.11. The molecule has 0 rings (SSSR count). The first-order valence-corrected chi connectivity index (χ1v) is 5.77. The van der Waals surface area contributed by atoms with E-state index in [1.54, 1.807) is 20.8 Å². The predicted octanol–water partition coefficient (Wildman–Crippen LogP) is 2.22. The molecule has 0 atom stereocenters. The molecule has 0 radical (unpaired) electrons. The third-order valence-electron chi connectivity index (χ3n) is 2.26. The summed E-state index contributed by atoms with van der Waals surface area (Å²) in [5, 5.41) is 11.0. The van der Waals surface area contributed by atoms with Crippen molar-refractivity contribution in [1.82, 2.24) is 10.2 Å². The Morgan fingerprint density at radius 3 is 2.11 bits per heavy atom. The highest BCUT2D eigenvalue weighted by molar-refractivity contribution is 5.80. The van der Waals surface area contributed by atoms with Crippen LogP contribution in [-0.4, -0.2) is 46.8 Å². The van der Waals surface area contributed by atoms with Crippen LogP contribution in [-0.2, 0) is 4.79 Å². The zero-order chi connectivity index (χ0) is 15.3. The first-order chi connectivity index (χ1) is 8.43. The average Bonchev–Trinajstić information content (AvgIpc) is 2.17. The Hall–Kier alpha value is -1.47. The number of hydrogen-bond acceptors (Lipinski definition) is 2. The van der Waals surface area contributed by atoms with Gasteiger partial charge in [0.05, 0.1) is 0 Å². The highest BCUT2D eigenvalue weighted by atomic mass is 19.4. The molecule has 0 spiro atoms. The van der Waals surface area contributed by atoms with E-state index < -0.39 is 36.7 Å². The zero-order valence-electron chi connectivity index (χ0n) is 11.2. The highest BCUT2D eigenvalue weighted by Gasteiger charge is 2.29. The quantitative estimate of drug-likeness (QED) is 0.761. The van der Waals surface area contributed by atoms with E-state index in [0.717, 1.165) is 4.90 Å². The first kappa shape index (κ1) is 17.5. The first-order valence-electron chi connectivity index (χ1n) is 5.77. The summed E-state index contributed by atoms with van der Waals surface area (Å²) in [6, 6.07) is -0.683. The Morgan fingerprint density at radius 2 is 1.74 bits per heavy atom. The number of alkyl halides is 3. The number of urea groups is 1. The predicted molar refractivity (Wildman–Crippen MR) is 62.8 cm³/mol. The van der Waals surface area contributed by atoms with Crippen molar-refractivity contribution in [3.8, 4) is 0 Å². The summed E-state index contributed by atoms with van der Waals surface area (Å²) in [4.78, 5) is 23.4. The molecule has 0 aromatic heterocycles. The summed E-state index contributed by atoms with van der Waals surface area (Å²) < 4.78 is 35.7. The molecule has 8 heteroatoms. The molecule has 0 aromatic rings. The number of carboxylic acid groups (broad SMARTS) is 1. The van der Waals surface area contributed by atoms with Crippen LogP contribution in [0.2, 0.25) is 0 Å². The molecule has 0 aliphatic rings. The maximum Gasteiger partial charge on any atom is 0.389 e. The number of carboxylic acids is 1. The van der Waals surface area contributed by atoms with Gasteiger partial charge in [0.25, 0.3) is 0 Å². The smallest absolute Gasteiger partial charge is 0.389 e. The van der Waals surface area contributed by atoms with Gasteiger partial charge in [-0.2, -0.15) is 13.2 Å². The van der Waals surface area contributed by atoms with Gasteiger partial charge in [-0.3, -0.25) is 4.79 Å². The maximum atomic E-state index is 11.9. The summed E-state index contributed by atoms with van der Waals surface area (Å²) in [5.74, 6) is -1.18. The molecule has 0 bridgehead atoms. The Balaban J connectivity index is 4.31. The molecule has 19 heavy (non-hydrogen) atoms. The summed E-state index contributed by atoms with van der Waals surface area (Å²) >= 11 is 0. The number of amides is 2. The van der Waals surface area contributed by atoms with Crippen LogP contribution in [0.3, 0.4) is 0 Å². The second-order valence-corrected chi connectivity index (χ2v) is 5.10. The molecule has 0 aliphatic carbocycles. The fourth-order valence-electron chi connectivity index (χ4n) is 1.33. The zero-order valence-corrected chi connectivity index (χ0v) is 11.2. The lowest BCUT2D eigenvalue weighted by molar-refractivity contribution is -0.138. The summed E-state index contributed by atoms with van der Waals surface area (Å²) in [6.07, 6.45) is -5.47. The van der Waals surface area contributed by atoms with E-state index in [0.29, 0.717) is 0 Å². The van der Waals surface area contributed by atoms with E-state index in [-0.39, 0.29) is 13.0 Å². The van der Waals surface area contributed by atoms with Crippen molar-refractivity contribution in [2.75, 3.05) is 13.1 Å². The van der Waals surface area contributed by atoms with E-state index >= 15 is 0 Å². The molecule has 0 aliphatic heterocycles. The Morgan fingerprint density at radius 1 is 1.21 bits per heavy atom. The van der Waals surface area contributed by atoms with E-state index in [1.807, 2.05) is 0 Å². The van der Waals surface area contributed by atoms with Gasteiger partial charge in [-0.05, 0) is 27.2 Å². The molecule has 0 saturated carbocycles. The van der Waals surface area contributed by atoms with Gasteiger partial charge in [-0.15, -0.1) is 0 Å². The van der Waals surface area contributed by atoms with Crippen molar-refractivity contribution in [1.29, 1.82) is 0 Å². The maximum absolute atomic E-state index is 11.9. The van der Waals surface area contributed by atoms with Gasteiger partial charge in [0.1, 0.15) is 6.54 Å². The van der Waals surface area contributed by atoms with Crippen LogP contribution in [0.5, 0.6) is 0 Å². The molecular formula is C11H19F3N2O3. The molecule has 0 aromatic carbocycles. The van der Waals surface area contributed by atoms with E-state index in [9.17, 15) is 22.8 Å². The van der Waals surface area contributed by atoms with E-state index in [2.05, 4.69) is 5.32 Å². The van der Waals surface area contributed by atoms with Crippen molar-refractivity contribution in [3.63, 3.8) is 0 Å². The summed E-state index contributed by atoms with van der Waals surface area (Å²) in [6.45, 7) is 4.28. The number of carbonyl (C=O) groups excluding carboxylic acids is 1. The van der Waals surface area contributed by atoms with Gasteiger partial charge >= 0.3 is 18.2 Å². The lowest BCUT2D eigenvalue weighted by atomic mass is 10.1. The largest absolute Gasteiger partial charge is 0.480 e. The molecule has 2 amide bonds. The number of nitrogens with zero attached hydrogens (tertiary/aromatic N) is 1. The van der Waals surface area contributed by atoms with Crippen molar-refractivity contribution in [3.05, 3.63) is 0 Å². The number of nitrogens with one attached hydrogen (secondary N) is 1. The second-order valence-electron chi connectivity index (χ2n) is 5.10. The molecule has 0 saturated heterocycles. The number of rotatable bonds is 5. The third kappa shape index (κ3) is 8.28. The molecular weight excluding hydrogens is 265 g/mol. The Labute approximate surface area is 109 Å². The van der Waals surface area contributed by atoms with Crippen LogP contribution in [0, 0.1) is 0 Å². The number of halogens is 3. The number of carbonyl (C=O) groups is 2. The van der Waals surface area contributed by atoms with Gasteiger partial charge in [0.2, 0.25) is 0 Å². The van der Waals surface area contributed by atoms with E-state index in [1.165, 1.54) is 0 Å². The lowest BCUT2D eigenvalue weighted by Gasteiger charge is -2.34. The van der Waals surface area contributed by atoms with Crippen LogP contribution in [0.1, 0.15) is 33.6 Å². The average molecular weight is 284 g/mol. The van der Waals surface area contributed by atoms with Crippen LogP contribution in [0.4, 0.5) is 18.0 Å². The minimum Gasteiger partial charge on any atom is -0.480 e. The fourth-order valence-corrected chi connectivity index (χ4v) is 1.33. The molecule has 2 N–H and O–H groups in total.